The molecule has 162 valence electrons. The maximum absolute atomic E-state index is 12.4. The Balaban J connectivity index is 3.20. The van der Waals surface area contributed by atoms with Gasteiger partial charge < -0.3 is 13.9 Å². The normalized spacial score (nSPS) is 12.8. The Morgan fingerprint density at radius 3 is 2.14 bits per heavy atom. The number of esters is 1. The molecule has 0 spiro atoms. The van der Waals surface area contributed by atoms with Gasteiger partial charge in [0.25, 0.3) is 0 Å². The van der Waals surface area contributed by atoms with Gasteiger partial charge in [0.1, 0.15) is 0 Å². The lowest BCUT2D eigenvalue weighted by Gasteiger charge is -2.35. The van der Waals surface area contributed by atoms with Crippen molar-refractivity contribution < 1.29 is 18.7 Å². The van der Waals surface area contributed by atoms with Gasteiger partial charge in [0.05, 0.1) is 21.3 Å². The van der Waals surface area contributed by atoms with Gasteiger partial charge in [-0.15, -0.1) is 0 Å². The van der Waals surface area contributed by atoms with E-state index < -0.39 is 14.0 Å². The molecule has 0 fully saturated rings. The molecule has 1 rings (SSSR count). The molecule has 1 aromatic heterocycles. The number of oxazole rings is 1. The summed E-state index contributed by atoms with van der Waals surface area (Å²) in [5.41, 5.74) is 0.511. The van der Waals surface area contributed by atoms with Gasteiger partial charge in [0, 0.05) is 5.54 Å². The maximum atomic E-state index is 12.4. The van der Waals surface area contributed by atoms with E-state index in [9.17, 15) is 4.79 Å². The summed E-state index contributed by atoms with van der Waals surface area (Å²) in [6.45, 7) is 13.6. The Bertz CT molecular complexity index is 561. The fourth-order valence-corrected chi connectivity index (χ4v) is 8.60. The summed E-state index contributed by atoms with van der Waals surface area (Å²) in [6, 6.07) is 3.59. The highest BCUT2D eigenvalue weighted by atomic mass is 28.3. The number of unbranched alkanes of at least 4 members (excludes halogenated alkanes) is 4. The van der Waals surface area contributed by atoms with E-state index in [0.717, 1.165) is 6.42 Å². The molecule has 6 heteroatoms. The molecule has 0 amide bonds. The molecule has 1 unspecified atom stereocenters. The molecule has 0 saturated carbocycles. The summed E-state index contributed by atoms with van der Waals surface area (Å²) in [5, 5.41) is 0. The van der Waals surface area contributed by atoms with Gasteiger partial charge in [-0.3, -0.25) is 0 Å². The average molecular weight is 412 g/mol. The van der Waals surface area contributed by atoms with E-state index in [4.69, 9.17) is 13.9 Å². The minimum Gasteiger partial charge on any atom is -0.464 e. The van der Waals surface area contributed by atoms with E-state index in [1.54, 1.807) is 6.92 Å². The molecule has 1 atom stereocenters. The Labute approximate surface area is 172 Å². The molecule has 0 bridgehead atoms. The van der Waals surface area contributed by atoms with Gasteiger partial charge in [-0.1, -0.05) is 77.9 Å². The van der Waals surface area contributed by atoms with Gasteiger partial charge in [-0.2, -0.15) is 0 Å². The lowest BCUT2D eigenvalue weighted by molar-refractivity contribution is 0.0512. The SMILES string of the molecule is CCCCCCCC(c1nc(C(=O)OCC)c(OCC)o1)[Si](CC)(CC)CC. The molecule has 1 aromatic rings. The summed E-state index contributed by atoms with van der Waals surface area (Å²) in [5.74, 6) is 0.455. The van der Waals surface area contributed by atoms with Gasteiger partial charge in [0.2, 0.25) is 5.69 Å². The first kappa shape index (κ1) is 24.7. The standard InChI is InChI=1S/C22H41NO4Si/c1-7-13-14-15-16-17-18(28(10-4,11-5)12-6)20-23-19(21(24)25-8-2)22(27-20)26-9-3/h18H,7-17H2,1-6H3. The van der Waals surface area contributed by atoms with Crippen LogP contribution in [0, 0.1) is 0 Å². The molecular weight excluding hydrogens is 370 g/mol. The minimum atomic E-state index is -1.61. The average Bonchev–Trinajstić information content (AvgIpc) is 3.12. The summed E-state index contributed by atoms with van der Waals surface area (Å²) in [4.78, 5) is 17.0. The molecular formula is C22H41NO4Si. The quantitative estimate of drug-likeness (QED) is 0.182. The second-order valence-corrected chi connectivity index (χ2v) is 13.1. The highest BCUT2D eigenvalue weighted by Crippen LogP contribution is 2.41. The van der Waals surface area contributed by atoms with Crippen LogP contribution in [-0.4, -0.2) is 32.2 Å². The summed E-state index contributed by atoms with van der Waals surface area (Å²) >= 11 is 0. The number of aromatic nitrogens is 1. The van der Waals surface area contributed by atoms with Crippen LogP contribution in [0.1, 0.15) is 102 Å². The fraction of sp³-hybridized carbons (Fsp3) is 0.818. The van der Waals surface area contributed by atoms with Crippen molar-refractivity contribution in [2.45, 2.75) is 104 Å². The molecule has 1 heterocycles. The zero-order valence-electron chi connectivity index (χ0n) is 18.9. The number of rotatable bonds is 15. The highest BCUT2D eigenvalue weighted by Gasteiger charge is 2.41. The van der Waals surface area contributed by atoms with Crippen LogP contribution < -0.4 is 4.74 Å². The largest absolute Gasteiger partial charge is 0.464 e. The van der Waals surface area contributed by atoms with Crippen molar-refractivity contribution in [1.29, 1.82) is 0 Å². The van der Waals surface area contributed by atoms with Gasteiger partial charge in [0.15, 0.2) is 5.89 Å². The molecule has 28 heavy (non-hydrogen) atoms. The van der Waals surface area contributed by atoms with Gasteiger partial charge >= 0.3 is 11.9 Å². The Hall–Kier alpha value is -1.30. The number of hydrogen-bond acceptors (Lipinski definition) is 5. The third-order valence-corrected chi connectivity index (χ3v) is 12.3. The van der Waals surface area contributed by atoms with E-state index in [1.807, 2.05) is 6.92 Å². The van der Waals surface area contributed by atoms with Crippen LogP contribution in [0.5, 0.6) is 5.95 Å². The zero-order chi connectivity index (χ0) is 21.0. The first-order valence-electron chi connectivity index (χ1n) is 11.3. The number of ether oxygens (including phenoxy) is 2. The second kappa shape index (κ2) is 13.0. The van der Waals surface area contributed by atoms with E-state index >= 15 is 0 Å². The molecule has 0 aromatic carbocycles. The zero-order valence-corrected chi connectivity index (χ0v) is 19.9. The molecule has 5 nitrogen and oxygen atoms in total. The van der Waals surface area contributed by atoms with Crippen LogP contribution in [0.15, 0.2) is 4.42 Å². The van der Waals surface area contributed by atoms with E-state index in [2.05, 4.69) is 32.7 Å². The lowest BCUT2D eigenvalue weighted by atomic mass is 10.1. The number of carbonyl (C=O) groups excluding carboxylic acids is 1. The predicted octanol–water partition coefficient (Wildman–Crippen LogP) is 6.74. The Morgan fingerprint density at radius 2 is 1.61 bits per heavy atom. The predicted molar refractivity (Wildman–Crippen MR) is 117 cm³/mol. The third kappa shape index (κ3) is 6.36. The van der Waals surface area contributed by atoms with Gasteiger partial charge in [-0.25, -0.2) is 9.78 Å². The smallest absolute Gasteiger partial charge is 0.364 e. The summed E-state index contributed by atoms with van der Waals surface area (Å²) in [7, 11) is -1.61. The van der Waals surface area contributed by atoms with Crippen molar-refractivity contribution in [2.75, 3.05) is 13.2 Å². The molecule has 0 saturated heterocycles. The first-order valence-corrected chi connectivity index (χ1v) is 14.0. The third-order valence-electron chi connectivity index (χ3n) is 6.10. The molecule has 0 aliphatic carbocycles. The van der Waals surface area contributed by atoms with Crippen LogP contribution in [0.4, 0.5) is 0 Å². The van der Waals surface area contributed by atoms with Crippen molar-refractivity contribution in [3.8, 4) is 5.95 Å². The highest BCUT2D eigenvalue weighted by molar-refractivity contribution is 6.80. The summed E-state index contributed by atoms with van der Waals surface area (Å²) in [6.07, 6.45) is 7.34. The molecule has 0 N–H and O–H groups in total. The fourth-order valence-electron chi connectivity index (χ4n) is 4.16. The summed E-state index contributed by atoms with van der Waals surface area (Å²) < 4.78 is 16.8. The van der Waals surface area contributed by atoms with Crippen LogP contribution in [-0.2, 0) is 4.74 Å². The lowest BCUT2D eigenvalue weighted by Crippen LogP contribution is -2.40. The van der Waals surface area contributed by atoms with Crippen LogP contribution in [0.3, 0.4) is 0 Å². The van der Waals surface area contributed by atoms with Crippen molar-refractivity contribution in [2.24, 2.45) is 0 Å². The number of nitrogens with zero attached hydrogens (tertiary/aromatic N) is 1. The maximum Gasteiger partial charge on any atom is 0.364 e. The molecule has 0 aliphatic rings. The van der Waals surface area contributed by atoms with Crippen molar-refractivity contribution in [3.05, 3.63) is 11.6 Å². The van der Waals surface area contributed by atoms with Crippen molar-refractivity contribution in [1.82, 2.24) is 4.98 Å². The van der Waals surface area contributed by atoms with Crippen LogP contribution >= 0.6 is 0 Å². The monoisotopic (exact) mass is 411 g/mol. The molecule has 0 radical (unpaired) electrons. The van der Waals surface area contributed by atoms with Gasteiger partial charge in [-0.05, 0) is 20.3 Å². The van der Waals surface area contributed by atoms with Crippen molar-refractivity contribution in [3.63, 3.8) is 0 Å². The Morgan fingerprint density at radius 1 is 0.964 bits per heavy atom. The Kier molecular flexibility index (Phi) is 11.5. The van der Waals surface area contributed by atoms with E-state index in [0.29, 0.717) is 24.6 Å². The van der Waals surface area contributed by atoms with E-state index in [1.165, 1.54) is 50.2 Å². The van der Waals surface area contributed by atoms with E-state index in [-0.39, 0.29) is 11.6 Å². The topological polar surface area (TPSA) is 61.6 Å². The van der Waals surface area contributed by atoms with Crippen molar-refractivity contribution >= 4 is 14.0 Å². The number of hydrogen-bond donors (Lipinski definition) is 0. The number of carbonyl (C=O) groups is 1. The molecule has 0 aliphatic heterocycles. The second-order valence-electron chi connectivity index (χ2n) is 7.52. The minimum absolute atomic E-state index is 0.195. The first-order chi connectivity index (χ1) is 13.5. The van der Waals surface area contributed by atoms with Crippen LogP contribution in [0.25, 0.3) is 0 Å². The van der Waals surface area contributed by atoms with Crippen LogP contribution in [0.2, 0.25) is 18.1 Å².